The molecule has 0 unspecified atom stereocenters. The maximum Gasteiger partial charge on any atom is 0.243 e. The molecule has 2 aliphatic carbocycles. The van der Waals surface area contributed by atoms with Crippen molar-refractivity contribution in [2.24, 2.45) is 5.73 Å². The van der Waals surface area contributed by atoms with Gasteiger partial charge in [-0.3, -0.25) is 0 Å². The Hall–Kier alpha value is -2.18. The van der Waals surface area contributed by atoms with Crippen LogP contribution in [0.15, 0.2) is 41.6 Å². The van der Waals surface area contributed by atoms with Crippen LogP contribution in [-0.4, -0.2) is 63.5 Å². The second-order valence-electron chi connectivity index (χ2n) is 11.0. The minimum atomic E-state index is -3.48. The Bertz CT molecular complexity index is 1350. The largest absolute Gasteiger partial charge is 0.365 e. The van der Waals surface area contributed by atoms with E-state index in [1.165, 1.54) is 12.8 Å². The third kappa shape index (κ3) is 6.49. The number of nitrogens with zero attached hydrogens (tertiary/aromatic N) is 5. The first kappa shape index (κ1) is 30.8. The highest BCUT2D eigenvalue weighted by Gasteiger charge is 2.30. The van der Waals surface area contributed by atoms with Crippen LogP contribution >= 0.6 is 24.8 Å². The van der Waals surface area contributed by atoms with E-state index in [-0.39, 0.29) is 36.9 Å². The van der Waals surface area contributed by atoms with E-state index < -0.39 is 10.0 Å². The summed E-state index contributed by atoms with van der Waals surface area (Å²) >= 11 is 0. The highest BCUT2D eigenvalue weighted by atomic mass is 35.5. The molecule has 10 nitrogen and oxygen atoms in total. The van der Waals surface area contributed by atoms with E-state index in [9.17, 15) is 8.42 Å². The molecule has 0 bridgehead atoms. The lowest BCUT2D eigenvalue weighted by Crippen LogP contribution is -2.42. The molecule has 3 heterocycles. The molecule has 2 saturated carbocycles. The topological polar surface area (TPSA) is 131 Å². The smallest absolute Gasteiger partial charge is 0.243 e. The number of anilines is 2. The highest BCUT2D eigenvalue weighted by Crippen LogP contribution is 2.34. The maximum absolute atomic E-state index is 13.1. The Morgan fingerprint density at radius 1 is 0.825 bits per heavy atom. The molecule has 2 aromatic heterocycles. The van der Waals surface area contributed by atoms with Crippen molar-refractivity contribution in [1.29, 1.82) is 0 Å². The number of benzene rings is 1. The van der Waals surface area contributed by atoms with Gasteiger partial charge in [-0.15, -0.1) is 24.8 Å². The molecule has 0 radical (unpaired) electrons. The highest BCUT2D eigenvalue weighted by molar-refractivity contribution is 7.89. The van der Waals surface area contributed by atoms with Crippen molar-refractivity contribution >= 4 is 57.8 Å². The van der Waals surface area contributed by atoms with Gasteiger partial charge < -0.3 is 20.9 Å². The standard InChI is InChI=1S/C27H38N8O2S.2ClH/c28-19-10-12-20(13-11-19)31-27-32-25(24-26(33-27)35(18-29-24)22-6-4-5-7-22)30-21-14-16-34(17-15-21)38(36,37)23-8-2-1-3-9-23;;/h1-3,8-9,18-22H,4-7,10-17,28H2,(H2,30,31,32,33);2*1H. The van der Waals surface area contributed by atoms with Crippen molar-refractivity contribution in [3.63, 3.8) is 0 Å². The molecule has 1 aromatic carbocycles. The fourth-order valence-electron chi connectivity index (χ4n) is 6.15. The summed E-state index contributed by atoms with van der Waals surface area (Å²) in [4.78, 5) is 14.9. The minimum Gasteiger partial charge on any atom is -0.365 e. The molecule has 0 atom stereocenters. The number of hydrogen-bond donors (Lipinski definition) is 3. The Morgan fingerprint density at radius 3 is 2.15 bits per heavy atom. The third-order valence-electron chi connectivity index (χ3n) is 8.42. The van der Waals surface area contributed by atoms with Crippen LogP contribution in [0.3, 0.4) is 0 Å². The average Bonchev–Trinajstić information content (AvgIpc) is 3.61. The number of nitrogens with one attached hydrogen (secondary N) is 2. The number of imidazole rings is 1. The second kappa shape index (κ2) is 13.2. The van der Waals surface area contributed by atoms with Crippen molar-refractivity contribution in [2.45, 2.75) is 93.3 Å². The molecule has 3 aliphatic rings. The number of fused-ring (bicyclic) bond motifs is 1. The first-order valence-corrected chi connectivity index (χ1v) is 15.5. The lowest BCUT2D eigenvalue weighted by Gasteiger charge is -2.32. The Balaban J connectivity index is 0.00000185. The van der Waals surface area contributed by atoms with Crippen molar-refractivity contribution in [2.75, 3.05) is 23.7 Å². The maximum atomic E-state index is 13.1. The lowest BCUT2D eigenvalue weighted by molar-refractivity contribution is 0.329. The number of sulfonamides is 1. The molecule has 3 fully saturated rings. The van der Waals surface area contributed by atoms with Gasteiger partial charge in [-0.25, -0.2) is 13.4 Å². The van der Waals surface area contributed by atoms with Gasteiger partial charge >= 0.3 is 0 Å². The van der Waals surface area contributed by atoms with Crippen LogP contribution in [0.25, 0.3) is 11.2 Å². The molecule has 3 aromatic rings. The zero-order valence-electron chi connectivity index (χ0n) is 22.6. The van der Waals surface area contributed by atoms with Gasteiger partial charge in [0.25, 0.3) is 0 Å². The predicted octanol–water partition coefficient (Wildman–Crippen LogP) is 4.73. The molecular formula is C27H40Cl2N8O2S. The molecule has 220 valence electrons. The number of aromatic nitrogens is 4. The van der Waals surface area contributed by atoms with Crippen LogP contribution in [0.5, 0.6) is 0 Å². The summed E-state index contributed by atoms with van der Waals surface area (Å²) in [5.41, 5.74) is 7.77. The van der Waals surface area contributed by atoms with Gasteiger partial charge in [0.2, 0.25) is 16.0 Å². The van der Waals surface area contributed by atoms with Crippen molar-refractivity contribution in [3.05, 3.63) is 36.7 Å². The summed E-state index contributed by atoms with van der Waals surface area (Å²) in [6, 6.07) is 9.81. The molecule has 13 heteroatoms. The van der Waals surface area contributed by atoms with Crippen LogP contribution in [-0.2, 0) is 10.0 Å². The van der Waals surface area contributed by atoms with Crippen molar-refractivity contribution in [3.8, 4) is 0 Å². The average molecular weight is 612 g/mol. The van der Waals surface area contributed by atoms with Gasteiger partial charge in [0.15, 0.2) is 17.0 Å². The Morgan fingerprint density at radius 2 is 1.48 bits per heavy atom. The van der Waals surface area contributed by atoms with Crippen LogP contribution in [0, 0.1) is 0 Å². The van der Waals surface area contributed by atoms with Crippen LogP contribution in [0.1, 0.15) is 70.3 Å². The van der Waals surface area contributed by atoms with E-state index >= 15 is 0 Å². The van der Waals surface area contributed by atoms with E-state index in [1.54, 1.807) is 28.6 Å². The molecule has 4 N–H and O–H groups in total. The third-order valence-corrected chi connectivity index (χ3v) is 10.3. The Kier molecular flexibility index (Phi) is 10.2. The van der Waals surface area contributed by atoms with E-state index in [1.807, 2.05) is 12.4 Å². The number of rotatable bonds is 7. The summed E-state index contributed by atoms with van der Waals surface area (Å²) in [6.45, 7) is 0.931. The number of nitrogens with two attached hydrogens (primary N) is 1. The molecule has 1 saturated heterocycles. The number of piperidine rings is 1. The summed E-state index contributed by atoms with van der Waals surface area (Å²) in [5, 5.41) is 7.19. The number of hydrogen-bond acceptors (Lipinski definition) is 8. The Labute approximate surface area is 248 Å². The zero-order chi connectivity index (χ0) is 26.1. The summed E-state index contributed by atoms with van der Waals surface area (Å²) in [5.74, 6) is 1.36. The first-order valence-electron chi connectivity index (χ1n) is 14.1. The van der Waals surface area contributed by atoms with Crippen molar-refractivity contribution in [1.82, 2.24) is 23.8 Å². The van der Waals surface area contributed by atoms with E-state index in [0.29, 0.717) is 48.9 Å². The molecule has 0 spiro atoms. The minimum absolute atomic E-state index is 0. The fraction of sp³-hybridized carbons (Fsp3) is 0.593. The van der Waals surface area contributed by atoms with Crippen LogP contribution in [0.4, 0.5) is 11.8 Å². The fourth-order valence-corrected chi connectivity index (χ4v) is 7.64. The lowest BCUT2D eigenvalue weighted by atomic mass is 9.92. The SMILES string of the molecule is Cl.Cl.NC1CCC(Nc2nc(NC3CCN(S(=O)(=O)c4ccccc4)CC3)c3ncn(C4CCCC4)c3n2)CC1. The van der Waals surface area contributed by atoms with Gasteiger partial charge in [0.1, 0.15) is 0 Å². The predicted molar refractivity (Wildman–Crippen MR) is 163 cm³/mol. The normalized spacial score (nSPS) is 22.9. The molecule has 1 aliphatic heterocycles. The van der Waals surface area contributed by atoms with E-state index in [0.717, 1.165) is 55.5 Å². The first-order chi connectivity index (χ1) is 18.5. The molecule has 6 rings (SSSR count). The van der Waals surface area contributed by atoms with E-state index in [2.05, 4.69) is 15.2 Å². The molecular weight excluding hydrogens is 571 g/mol. The van der Waals surface area contributed by atoms with E-state index in [4.69, 9.17) is 20.7 Å². The zero-order valence-corrected chi connectivity index (χ0v) is 25.1. The second-order valence-corrected chi connectivity index (χ2v) is 13.0. The monoisotopic (exact) mass is 610 g/mol. The van der Waals surface area contributed by atoms with Gasteiger partial charge in [-0.2, -0.15) is 14.3 Å². The number of halogens is 2. The van der Waals surface area contributed by atoms with Crippen LogP contribution in [0.2, 0.25) is 0 Å². The summed E-state index contributed by atoms with van der Waals surface area (Å²) < 4.78 is 29.9. The summed E-state index contributed by atoms with van der Waals surface area (Å²) in [6.07, 6.45) is 12.1. The van der Waals surface area contributed by atoms with Gasteiger partial charge in [0, 0.05) is 37.3 Å². The van der Waals surface area contributed by atoms with Crippen molar-refractivity contribution < 1.29 is 8.42 Å². The van der Waals surface area contributed by atoms with Gasteiger partial charge in [-0.05, 0) is 63.5 Å². The van der Waals surface area contributed by atoms with Gasteiger partial charge in [0.05, 0.1) is 11.2 Å². The molecule has 40 heavy (non-hydrogen) atoms. The quantitative estimate of drug-likeness (QED) is 0.350. The summed E-state index contributed by atoms with van der Waals surface area (Å²) in [7, 11) is -3.48. The van der Waals surface area contributed by atoms with Gasteiger partial charge in [-0.1, -0.05) is 31.0 Å². The molecule has 0 amide bonds. The van der Waals surface area contributed by atoms with Crippen LogP contribution < -0.4 is 16.4 Å².